The zero-order valence-corrected chi connectivity index (χ0v) is 20.5. The van der Waals surface area contributed by atoms with E-state index in [-0.39, 0.29) is 6.03 Å². The Morgan fingerprint density at radius 1 is 0.971 bits per heavy atom. The minimum Gasteiger partial charge on any atom is -0.343 e. The summed E-state index contributed by atoms with van der Waals surface area (Å²) in [5.41, 5.74) is 5.08. The van der Waals surface area contributed by atoms with Gasteiger partial charge in [0.1, 0.15) is 0 Å². The molecular formula is C30H37N3O. The summed E-state index contributed by atoms with van der Waals surface area (Å²) < 4.78 is 2.27. The molecule has 0 unspecified atom stereocenters. The number of hydrogen-bond acceptors (Lipinski definition) is 1. The molecule has 4 bridgehead atoms. The third-order valence-electron chi connectivity index (χ3n) is 8.82. The molecule has 1 heterocycles. The fraction of sp³-hybridized carbons (Fsp3) is 0.500. The van der Waals surface area contributed by atoms with Gasteiger partial charge in [-0.3, -0.25) is 0 Å². The molecule has 4 nitrogen and oxygen atoms in total. The summed E-state index contributed by atoms with van der Waals surface area (Å²) >= 11 is 0. The third-order valence-corrected chi connectivity index (χ3v) is 8.82. The van der Waals surface area contributed by atoms with Crippen LogP contribution in [0.4, 0.5) is 10.5 Å². The molecule has 0 aliphatic heterocycles. The fourth-order valence-corrected chi connectivity index (χ4v) is 7.57. The molecule has 178 valence electrons. The van der Waals surface area contributed by atoms with Crippen LogP contribution in [-0.4, -0.2) is 17.1 Å². The molecule has 0 atom stereocenters. The number of anilines is 1. The van der Waals surface area contributed by atoms with Crippen molar-refractivity contribution in [3.8, 4) is 0 Å². The lowest BCUT2D eigenvalue weighted by Gasteiger charge is -2.56. The number of carbonyl (C=O) groups is 1. The van der Waals surface area contributed by atoms with Crippen molar-refractivity contribution >= 4 is 22.6 Å². The normalized spacial score (nSPS) is 27.4. The quantitative estimate of drug-likeness (QED) is 0.407. The number of aromatic nitrogens is 1. The summed E-state index contributed by atoms with van der Waals surface area (Å²) in [6.45, 7) is 6.13. The highest BCUT2D eigenvalue weighted by Crippen LogP contribution is 2.59. The van der Waals surface area contributed by atoms with Crippen LogP contribution in [0.5, 0.6) is 0 Å². The number of benzene rings is 2. The summed E-state index contributed by atoms with van der Waals surface area (Å²) in [6.07, 6.45) is 10.4. The van der Waals surface area contributed by atoms with E-state index < -0.39 is 0 Å². The first-order valence-corrected chi connectivity index (χ1v) is 13.2. The van der Waals surface area contributed by atoms with Gasteiger partial charge >= 0.3 is 6.03 Å². The van der Waals surface area contributed by atoms with Gasteiger partial charge in [-0.25, -0.2) is 4.79 Å². The average Bonchev–Trinajstić information content (AvgIpc) is 3.19. The Kier molecular flexibility index (Phi) is 5.43. The maximum absolute atomic E-state index is 12.7. The predicted molar refractivity (Wildman–Crippen MR) is 139 cm³/mol. The molecular weight excluding hydrogens is 418 g/mol. The molecule has 7 rings (SSSR count). The summed E-state index contributed by atoms with van der Waals surface area (Å²) in [5, 5.41) is 7.46. The van der Waals surface area contributed by atoms with Crippen LogP contribution in [0, 0.1) is 23.2 Å². The van der Waals surface area contributed by atoms with Gasteiger partial charge in [0.05, 0.1) is 0 Å². The van der Waals surface area contributed by atoms with Gasteiger partial charge in [-0.1, -0.05) is 38.1 Å². The fourth-order valence-electron chi connectivity index (χ4n) is 7.57. The van der Waals surface area contributed by atoms with Crippen LogP contribution >= 0.6 is 0 Å². The molecule has 3 aromatic rings. The molecule has 0 radical (unpaired) electrons. The molecule has 2 N–H and O–H groups in total. The predicted octanol–water partition coefficient (Wildman–Crippen LogP) is 7.15. The van der Waals surface area contributed by atoms with Crippen LogP contribution in [0.25, 0.3) is 10.9 Å². The molecule has 2 amide bonds. The maximum atomic E-state index is 12.7. The minimum absolute atomic E-state index is 0.0697. The molecule has 4 fully saturated rings. The van der Waals surface area contributed by atoms with E-state index in [9.17, 15) is 4.79 Å². The van der Waals surface area contributed by atoms with Crippen LogP contribution in [-0.2, 0) is 6.54 Å². The minimum atomic E-state index is -0.0697. The topological polar surface area (TPSA) is 46.1 Å². The Hall–Kier alpha value is -2.75. The molecule has 2 aromatic carbocycles. The van der Waals surface area contributed by atoms with Crippen LogP contribution < -0.4 is 10.6 Å². The van der Waals surface area contributed by atoms with Gasteiger partial charge < -0.3 is 15.2 Å². The Morgan fingerprint density at radius 3 is 2.29 bits per heavy atom. The lowest BCUT2D eigenvalue weighted by molar-refractivity contribution is -0.0496. The first-order valence-electron chi connectivity index (χ1n) is 13.2. The van der Waals surface area contributed by atoms with Gasteiger partial charge in [0.25, 0.3) is 0 Å². The van der Waals surface area contributed by atoms with Crippen molar-refractivity contribution in [2.75, 3.05) is 11.9 Å². The summed E-state index contributed by atoms with van der Waals surface area (Å²) in [5.74, 6) is 3.29. The number of nitrogens with zero attached hydrogens (tertiary/aromatic N) is 1. The van der Waals surface area contributed by atoms with E-state index in [0.29, 0.717) is 11.3 Å². The van der Waals surface area contributed by atoms with Gasteiger partial charge in [-0.15, -0.1) is 0 Å². The molecule has 34 heavy (non-hydrogen) atoms. The Balaban J connectivity index is 1.08. The monoisotopic (exact) mass is 455 g/mol. The van der Waals surface area contributed by atoms with E-state index in [0.717, 1.165) is 41.9 Å². The average molecular weight is 456 g/mol. The zero-order chi connectivity index (χ0) is 23.3. The molecule has 0 saturated heterocycles. The van der Waals surface area contributed by atoms with E-state index in [4.69, 9.17) is 0 Å². The van der Waals surface area contributed by atoms with Crippen LogP contribution in [0.2, 0.25) is 0 Å². The second-order valence-electron chi connectivity index (χ2n) is 11.8. The van der Waals surface area contributed by atoms with Gasteiger partial charge in [-0.05, 0) is 103 Å². The molecule has 0 spiro atoms. The molecule has 4 aliphatic rings. The number of rotatable bonds is 6. The second-order valence-corrected chi connectivity index (χ2v) is 11.8. The molecule has 1 aromatic heterocycles. The SMILES string of the molecule is CC(C)c1ccc(Cn2ccc3cc(NC(=O)NCC45CC6CC(CC(C6)C4)C5)ccc32)cc1. The van der Waals surface area contributed by atoms with Gasteiger partial charge in [0.15, 0.2) is 0 Å². The lowest BCUT2D eigenvalue weighted by Crippen LogP contribution is -2.51. The number of urea groups is 1. The third kappa shape index (κ3) is 4.23. The van der Waals surface area contributed by atoms with Crippen molar-refractivity contribution in [1.82, 2.24) is 9.88 Å². The van der Waals surface area contributed by atoms with Crippen LogP contribution in [0.15, 0.2) is 54.7 Å². The number of nitrogens with one attached hydrogen (secondary N) is 2. The first-order chi connectivity index (χ1) is 16.4. The van der Waals surface area contributed by atoms with Crippen molar-refractivity contribution in [2.24, 2.45) is 23.2 Å². The van der Waals surface area contributed by atoms with Crippen molar-refractivity contribution in [1.29, 1.82) is 0 Å². The molecule has 4 saturated carbocycles. The van der Waals surface area contributed by atoms with E-state index in [1.807, 2.05) is 6.07 Å². The van der Waals surface area contributed by atoms with E-state index in [1.165, 1.54) is 55.2 Å². The van der Waals surface area contributed by atoms with E-state index >= 15 is 0 Å². The number of fused-ring (bicyclic) bond motifs is 1. The van der Waals surface area contributed by atoms with Crippen molar-refractivity contribution in [2.45, 2.75) is 64.8 Å². The van der Waals surface area contributed by atoms with Crippen molar-refractivity contribution in [3.63, 3.8) is 0 Å². The van der Waals surface area contributed by atoms with Gasteiger partial charge in [0.2, 0.25) is 0 Å². The second kappa shape index (κ2) is 8.48. The highest BCUT2D eigenvalue weighted by atomic mass is 16.2. The number of hydrogen-bond donors (Lipinski definition) is 2. The maximum Gasteiger partial charge on any atom is 0.319 e. The van der Waals surface area contributed by atoms with Gasteiger partial charge in [0, 0.05) is 35.9 Å². The van der Waals surface area contributed by atoms with Gasteiger partial charge in [-0.2, -0.15) is 0 Å². The molecule has 4 aliphatic carbocycles. The highest BCUT2D eigenvalue weighted by molar-refractivity contribution is 5.93. The van der Waals surface area contributed by atoms with Crippen LogP contribution in [0.3, 0.4) is 0 Å². The standard InChI is InChI=1S/C30H37N3O/c1-20(2)25-5-3-21(4-6-25)18-33-10-9-26-14-27(7-8-28(26)33)32-29(34)31-19-30-15-22-11-23(16-30)13-24(12-22)17-30/h3-10,14,20,22-24H,11-13,15-19H2,1-2H3,(H2,31,32,34). The largest absolute Gasteiger partial charge is 0.343 e. The van der Waals surface area contributed by atoms with E-state index in [2.05, 4.69) is 77.7 Å². The van der Waals surface area contributed by atoms with Crippen molar-refractivity contribution < 1.29 is 4.79 Å². The summed E-state index contributed by atoms with van der Waals surface area (Å²) in [7, 11) is 0. The molecule has 4 heteroatoms. The van der Waals surface area contributed by atoms with E-state index in [1.54, 1.807) is 0 Å². The Bertz CT molecular complexity index is 1150. The highest BCUT2D eigenvalue weighted by Gasteiger charge is 2.50. The lowest BCUT2D eigenvalue weighted by atomic mass is 9.49. The van der Waals surface area contributed by atoms with Crippen molar-refractivity contribution in [3.05, 3.63) is 65.9 Å². The Morgan fingerprint density at radius 2 is 1.65 bits per heavy atom. The summed E-state index contributed by atoms with van der Waals surface area (Å²) in [6, 6.07) is 17.2. The number of carbonyl (C=O) groups excluding carboxylic acids is 1. The zero-order valence-electron chi connectivity index (χ0n) is 20.5. The Labute approximate surface area is 203 Å². The number of amides is 2. The van der Waals surface area contributed by atoms with Crippen LogP contribution in [0.1, 0.15) is 69.4 Å². The smallest absolute Gasteiger partial charge is 0.319 e. The summed E-state index contributed by atoms with van der Waals surface area (Å²) in [4.78, 5) is 12.7. The first kappa shape index (κ1) is 21.8.